The lowest BCUT2D eigenvalue weighted by Crippen LogP contribution is -2.28. The van der Waals surface area contributed by atoms with Gasteiger partial charge in [-0.2, -0.15) is 0 Å². The Hall–Kier alpha value is -0.530. The van der Waals surface area contributed by atoms with E-state index in [0.29, 0.717) is 5.92 Å². The van der Waals surface area contributed by atoms with E-state index >= 15 is 0 Å². The van der Waals surface area contributed by atoms with E-state index in [2.05, 4.69) is 25.9 Å². The molecule has 1 aliphatic rings. The number of hydrogen-bond acceptors (Lipinski definition) is 2. The van der Waals surface area contributed by atoms with Gasteiger partial charge in [0.15, 0.2) is 0 Å². The zero-order valence-corrected chi connectivity index (χ0v) is 6.43. The van der Waals surface area contributed by atoms with Gasteiger partial charge in [-0.3, -0.25) is 0 Å². The molecule has 0 saturated heterocycles. The van der Waals surface area contributed by atoms with Crippen molar-refractivity contribution in [2.75, 3.05) is 0 Å². The second kappa shape index (κ2) is 1.72. The molecule has 0 bridgehead atoms. The maximum absolute atomic E-state index is 5.15. The summed E-state index contributed by atoms with van der Waals surface area (Å²) in [7, 11) is 0. The van der Waals surface area contributed by atoms with Gasteiger partial charge in [-0.15, -0.1) is 0 Å². The monoisotopic (exact) mass is 127 g/mol. The van der Waals surface area contributed by atoms with Crippen molar-refractivity contribution in [1.29, 1.82) is 0 Å². The molecule has 52 valence electrons. The van der Waals surface area contributed by atoms with Crippen molar-refractivity contribution in [1.82, 2.24) is 0 Å². The number of nitrogens with zero attached hydrogens (tertiary/aromatic N) is 1. The van der Waals surface area contributed by atoms with Crippen molar-refractivity contribution < 1.29 is 4.84 Å². The molecule has 1 unspecified atom stereocenters. The first kappa shape index (κ1) is 6.59. The number of oxime groups is 1. The highest BCUT2D eigenvalue weighted by Gasteiger charge is 2.35. The lowest BCUT2D eigenvalue weighted by molar-refractivity contribution is -0.0102. The first-order valence-corrected chi connectivity index (χ1v) is 3.27. The SMILES string of the molecule is CC1=NOC(C)(C)C1C. The van der Waals surface area contributed by atoms with E-state index < -0.39 is 0 Å². The minimum absolute atomic E-state index is 0.0793. The van der Waals surface area contributed by atoms with E-state index in [1.54, 1.807) is 0 Å². The molecule has 0 aromatic carbocycles. The first-order chi connectivity index (χ1) is 4.04. The Bertz CT molecular complexity index is 149. The van der Waals surface area contributed by atoms with Crippen LogP contribution in [0.25, 0.3) is 0 Å². The van der Waals surface area contributed by atoms with Gasteiger partial charge in [0.25, 0.3) is 0 Å². The molecule has 1 aliphatic heterocycles. The quantitative estimate of drug-likeness (QED) is 0.486. The van der Waals surface area contributed by atoms with Crippen molar-refractivity contribution in [3.63, 3.8) is 0 Å². The molecule has 0 saturated carbocycles. The van der Waals surface area contributed by atoms with E-state index in [4.69, 9.17) is 4.84 Å². The fourth-order valence-electron chi connectivity index (χ4n) is 0.851. The molecule has 0 fully saturated rings. The Morgan fingerprint density at radius 1 is 1.56 bits per heavy atom. The zero-order valence-electron chi connectivity index (χ0n) is 6.43. The second-order valence-electron chi connectivity index (χ2n) is 3.15. The van der Waals surface area contributed by atoms with E-state index in [0.717, 1.165) is 5.71 Å². The first-order valence-electron chi connectivity index (χ1n) is 3.27. The smallest absolute Gasteiger partial charge is 0.140 e. The maximum Gasteiger partial charge on any atom is 0.140 e. The third-order valence-corrected chi connectivity index (χ3v) is 2.09. The van der Waals surface area contributed by atoms with Crippen LogP contribution in [0.1, 0.15) is 27.7 Å². The van der Waals surface area contributed by atoms with Gasteiger partial charge >= 0.3 is 0 Å². The third-order valence-electron chi connectivity index (χ3n) is 2.09. The molecular formula is C7H13NO. The summed E-state index contributed by atoms with van der Waals surface area (Å²) in [5.41, 5.74) is 1.02. The summed E-state index contributed by atoms with van der Waals surface area (Å²) in [4.78, 5) is 5.15. The van der Waals surface area contributed by atoms with Gasteiger partial charge in [0.2, 0.25) is 0 Å². The predicted octanol–water partition coefficient (Wildman–Crippen LogP) is 1.81. The summed E-state index contributed by atoms with van der Waals surface area (Å²) in [6, 6.07) is 0. The molecule has 0 aromatic heterocycles. The Kier molecular flexibility index (Phi) is 1.26. The molecule has 1 heterocycles. The summed E-state index contributed by atoms with van der Waals surface area (Å²) in [5, 5.41) is 3.89. The van der Waals surface area contributed by atoms with Crippen LogP contribution in [0.15, 0.2) is 5.16 Å². The van der Waals surface area contributed by atoms with Gasteiger partial charge in [0, 0.05) is 5.92 Å². The van der Waals surface area contributed by atoms with Crippen molar-refractivity contribution in [3.05, 3.63) is 0 Å². The largest absolute Gasteiger partial charge is 0.389 e. The molecule has 0 spiro atoms. The van der Waals surface area contributed by atoms with Crippen molar-refractivity contribution in [3.8, 4) is 0 Å². The zero-order chi connectivity index (χ0) is 7.07. The summed E-state index contributed by atoms with van der Waals surface area (Å²) < 4.78 is 0. The molecule has 2 heteroatoms. The Labute approximate surface area is 55.9 Å². The lowest BCUT2D eigenvalue weighted by atomic mass is 9.90. The molecule has 2 nitrogen and oxygen atoms in total. The Balaban J connectivity index is 2.73. The van der Waals surface area contributed by atoms with E-state index in [1.807, 2.05) is 6.92 Å². The molecule has 9 heavy (non-hydrogen) atoms. The van der Waals surface area contributed by atoms with Crippen LogP contribution in [-0.2, 0) is 4.84 Å². The average Bonchev–Trinajstić information content (AvgIpc) is 1.97. The van der Waals surface area contributed by atoms with Crippen LogP contribution in [0.5, 0.6) is 0 Å². The number of hydrogen-bond donors (Lipinski definition) is 0. The van der Waals surface area contributed by atoms with Gasteiger partial charge in [-0.05, 0) is 20.8 Å². The maximum atomic E-state index is 5.15. The van der Waals surface area contributed by atoms with Crippen LogP contribution in [-0.4, -0.2) is 11.3 Å². The number of rotatable bonds is 0. The summed E-state index contributed by atoms with van der Waals surface area (Å²) in [6.45, 7) is 8.24. The van der Waals surface area contributed by atoms with Gasteiger partial charge < -0.3 is 4.84 Å². The fourth-order valence-corrected chi connectivity index (χ4v) is 0.851. The van der Waals surface area contributed by atoms with Crippen LogP contribution in [0, 0.1) is 5.92 Å². The topological polar surface area (TPSA) is 21.6 Å². The Morgan fingerprint density at radius 3 is 2.22 bits per heavy atom. The highest BCUT2D eigenvalue weighted by molar-refractivity contribution is 5.85. The minimum atomic E-state index is -0.0793. The van der Waals surface area contributed by atoms with Crippen LogP contribution in [0.3, 0.4) is 0 Å². The van der Waals surface area contributed by atoms with Gasteiger partial charge in [-0.25, -0.2) is 0 Å². The molecule has 0 aliphatic carbocycles. The van der Waals surface area contributed by atoms with Crippen LogP contribution >= 0.6 is 0 Å². The highest BCUT2D eigenvalue weighted by atomic mass is 16.7. The fraction of sp³-hybridized carbons (Fsp3) is 0.857. The van der Waals surface area contributed by atoms with Crippen molar-refractivity contribution in [2.24, 2.45) is 11.1 Å². The standard InChI is InChI=1S/C7H13NO/c1-5-6(2)8-9-7(5,3)4/h5H,1-4H3. The summed E-state index contributed by atoms with van der Waals surface area (Å²) in [6.07, 6.45) is 0. The normalized spacial score (nSPS) is 31.6. The van der Waals surface area contributed by atoms with Gasteiger partial charge in [0.1, 0.15) is 5.60 Å². The second-order valence-corrected chi connectivity index (χ2v) is 3.15. The van der Waals surface area contributed by atoms with Crippen molar-refractivity contribution in [2.45, 2.75) is 33.3 Å². The molecule has 0 N–H and O–H groups in total. The minimum Gasteiger partial charge on any atom is -0.389 e. The van der Waals surface area contributed by atoms with Gasteiger partial charge in [-0.1, -0.05) is 12.1 Å². The summed E-state index contributed by atoms with van der Waals surface area (Å²) >= 11 is 0. The molecule has 0 aromatic rings. The van der Waals surface area contributed by atoms with Crippen LogP contribution < -0.4 is 0 Å². The van der Waals surface area contributed by atoms with E-state index in [-0.39, 0.29) is 5.60 Å². The molecule has 0 radical (unpaired) electrons. The van der Waals surface area contributed by atoms with Gasteiger partial charge in [0.05, 0.1) is 5.71 Å². The van der Waals surface area contributed by atoms with E-state index in [9.17, 15) is 0 Å². The van der Waals surface area contributed by atoms with Crippen molar-refractivity contribution >= 4 is 5.71 Å². The van der Waals surface area contributed by atoms with Crippen LogP contribution in [0.2, 0.25) is 0 Å². The highest BCUT2D eigenvalue weighted by Crippen LogP contribution is 2.28. The Morgan fingerprint density at radius 2 is 2.11 bits per heavy atom. The van der Waals surface area contributed by atoms with Crippen LogP contribution in [0.4, 0.5) is 0 Å². The van der Waals surface area contributed by atoms with E-state index in [1.165, 1.54) is 0 Å². The third kappa shape index (κ3) is 0.934. The molecule has 1 atom stereocenters. The lowest BCUT2D eigenvalue weighted by Gasteiger charge is -2.20. The average molecular weight is 127 g/mol. The summed E-state index contributed by atoms with van der Waals surface area (Å²) in [5.74, 6) is 0.456. The molecule has 0 amide bonds. The predicted molar refractivity (Wildman–Crippen MR) is 37.4 cm³/mol. The molecule has 1 rings (SSSR count). The molecular weight excluding hydrogens is 114 g/mol.